The van der Waals surface area contributed by atoms with E-state index in [2.05, 4.69) is 0 Å². The van der Waals surface area contributed by atoms with Crippen molar-refractivity contribution in [2.24, 2.45) is 0 Å². The van der Waals surface area contributed by atoms with Crippen molar-refractivity contribution in [3.8, 4) is 0 Å². The lowest BCUT2D eigenvalue weighted by atomic mass is 9.98. The molecule has 0 saturated heterocycles. The van der Waals surface area contributed by atoms with Gasteiger partial charge in [0, 0.05) is 0 Å². The first-order chi connectivity index (χ1) is 9.88. The highest BCUT2D eigenvalue weighted by molar-refractivity contribution is 5.82. The average molecular weight is 293 g/mol. The summed E-state index contributed by atoms with van der Waals surface area (Å²) < 4.78 is 37.5. The largest absolute Gasteiger partial charge is 0.471 e. The molecule has 110 valence electrons. The molecule has 0 radical (unpaired) electrons. The van der Waals surface area contributed by atoms with Gasteiger partial charge in [0.15, 0.2) is 0 Å². The number of hydrogen-bond donors (Lipinski definition) is 1. The molecule has 0 aliphatic rings. The maximum absolute atomic E-state index is 12.5. The van der Waals surface area contributed by atoms with E-state index in [0.717, 1.165) is 5.56 Å². The van der Waals surface area contributed by atoms with E-state index in [4.69, 9.17) is 0 Å². The van der Waals surface area contributed by atoms with E-state index in [0.29, 0.717) is 11.1 Å². The van der Waals surface area contributed by atoms with Gasteiger partial charge in [-0.2, -0.15) is 13.2 Å². The van der Waals surface area contributed by atoms with Crippen LogP contribution in [0.2, 0.25) is 0 Å². The summed E-state index contributed by atoms with van der Waals surface area (Å²) in [6.07, 6.45) is -4.91. The summed E-state index contributed by atoms with van der Waals surface area (Å²) in [7, 11) is 0. The molecular weight excluding hydrogens is 279 g/mol. The molecule has 0 bridgehead atoms. The molecule has 5 heteroatoms. The Morgan fingerprint density at radius 2 is 1.48 bits per heavy atom. The molecule has 0 aliphatic carbocycles. The monoisotopic (exact) mass is 293 g/mol. The van der Waals surface area contributed by atoms with Crippen LogP contribution in [0.3, 0.4) is 0 Å². The third kappa shape index (κ3) is 3.84. The van der Waals surface area contributed by atoms with E-state index in [1.807, 2.05) is 12.2 Å². The first-order valence-electron chi connectivity index (χ1n) is 6.37. The molecule has 0 saturated carbocycles. The van der Waals surface area contributed by atoms with Gasteiger partial charge in [-0.05, 0) is 18.1 Å². The van der Waals surface area contributed by atoms with Crippen LogP contribution < -0.4 is 5.32 Å². The van der Waals surface area contributed by atoms with E-state index < -0.39 is 18.1 Å². The number of rotatable bonds is 3. The number of nitrogens with one attached hydrogen (secondary N) is 1. The maximum atomic E-state index is 12.5. The quantitative estimate of drug-likeness (QED) is 0.917. The summed E-state index contributed by atoms with van der Waals surface area (Å²) in [5.41, 5.74) is 2.19. The van der Waals surface area contributed by atoms with Crippen LogP contribution in [0.4, 0.5) is 13.2 Å². The van der Waals surface area contributed by atoms with E-state index in [1.54, 1.807) is 54.6 Å². The van der Waals surface area contributed by atoms with Crippen LogP contribution in [0.5, 0.6) is 0 Å². The number of halogens is 3. The first-order valence-corrected chi connectivity index (χ1v) is 6.37. The smallest absolute Gasteiger partial charge is 0.337 e. The van der Waals surface area contributed by atoms with Crippen LogP contribution in [0, 0.1) is 6.92 Å². The number of amides is 1. The molecule has 0 heterocycles. The normalized spacial score (nSPS) is 12.8. The number of carbonyl (C=O) groups excluding carboxylic acids is 1. The Labute approximate surface area is 120 Å². The highest BCUT2D eigenvalue weighted by Gasteiger charge is 2.40. The minimum absolute atomic E-state index is 0.596. The lowest BCUT2D eigenvalue weighted by Crippen LogP contribution is -2.39. The minimum atomic E-state index is -4.91. The Bertz CT molecular complexity index is 606. The molecule has 2 aromatic rings. The minimum Gasteiger partial charge on any atom is -0.337 e. The van der Waals surface area contributed by atoms with E-state index in [-0.39, 0.29) is 0 Å². The molecule has 0 fully saturated rings. The number of carbonyl (C=O) groups is 1. The van der Waals surface area contributed by atoms with Gasteiger partial charge in [0.05, 0.1) is 6.04 Å². The number of aryl methyl sites for hydroxylation is 1. The van der Waals surface area contributed by atoms with Crippen LogP contribution in [0.1, 0.15) is 22.7 Å². The van der Waals surface area contributed by atoms with Crippen molar-refractivity contribution in [1.82, 2.24) is 5.32 Å². The zero-order valence-corrected chi connectivity index (χ0v) is 11.3. The predicted octanol–water partition coefficient (Wildman–Crippen LogP) is 3.76. The van der Waals surface area contributed by atoms with Crippen molar-refractivity contribution < 1.29 is 18.0 Å². The molecule has 0 spiro atoms. The molecule has 0 unspecified atom stereocenters. The summed E-state index contributed by atoms with van der Waals surface area (Å²) in [6, 6.07) is 14.8. The summed E-state index contributed by atoms with van der Waals surface area (Å²) in [5.74, 6) is -1.95. The highest BCUT2D eigenvalue weighted by atomic mass is 19.4. The Morgan fingerprint density at radius 3 is 2.00 bits per heavy atom. The molecule has 21 heavy (non-hydrogen) atoms. The van der Waals surface area contributed by atoms with Crippen molar-refractivity contribution in [1.29, 1.82) is 0 Å². The SMILES string of the molecule is Cc1ccc([C@@H](NC(=O)C(F)(F)F)c2ccccc2)cc1. The van der Waals surface area contributed by atoms with Crippen LogP contribution in [0.25, 0.3) is 0 Å². The van der Waals surface area contributed by atoms with E-state index in [1.165, 1.54) is 0 Å². The molecule has 1 N–H and O–H groups in total. The van der Waals surface area contributed by atoms with Crippen molar-refractivity contribution in [2.45, 2.75) is 19.1 Å². The van der Waals surface area contributed by atoms with E-state index in [9.17, 15) is 18.0 Å². The number of alkyl halides is 3. The van der Waals surface area contributed by atoms with Crippen LogP contribution in [-0.4, -0.2) is 12.1 Å². The maximum Gasteiger partial charge on any atom is 0.471 e. The van der Waals surface area contributed by atoms with Crippen LogP contribution in [0.15, 0.2) is 54.6 Å². The molecule has 0 aliphatic heterocycles. The third-order valence-corrected chi connectivity index (χ3v) is 3.08. The van der Waals surface area contributed by atoms with Crippen LogP contribution in [-0.2, 0) is 4.79 Å². The van der Waals surface area contributed by atoms with Gasteiger partial charge in [0.25, 0.3) is 0 Å². The molecule has 2 nitrogen and oxygen atoms in total. The zero-order chi connectivity index (χ0) is 15.5. The Hall–Kier alpha value is -2.30. The molecular formula is C16H14F3NO. The fraction of sp³-hybridized carbons (Fsp3) is 0.188. The van der Waals surface area contributed by atoms with Crippen LogP contribution >= 0.6 is 0 Å². The Kier molecular flexibility index (Phi) is 4.31. The molecule has 1 amide bonds. The number of benzene rings is 2. The predicted molar refractivity (Wildman–Crippen MR) is 73.7 cm³/mol. The van der Waals surface area contributed by atoms with Gasteiger partial charge >= 0.3 is 12.1 Å². The van der Waals surface area contributed by atoms with Gasteiger partial charge in [-0.25, -0.2) is 0 Å². The average Bonchev–Trinajstić information content (AvgIpc) is 2.45. The van der Waals surface area contributed by atoms with Gasteiger partial charge in [-0.1, -0.05) is 60.2 Å². The van der Waals surface area contributed by atoms with E-state index >= 15 is 0 Å². The lowest BCUT2D eigenvalue weighted by molar-refractivity contribution is -0.174. The summed E-state index contributed by atoms with van der Waals surface area (Å²) >= 11 is 0. The van der Waals surface area contributed by atoms with Crippen molar-refractivity contribution in [2.75, 3.05) is 0 Å². The van der Waals surface area contributed by atoms with Gasteiger partial charge in [0.1, 0.15) is 0 Å². The van der Waals surface area contributed by atoms with Gasteiger partial charge in [0.2, 0.25) is 0 Å². The fourth-order valence-corrected chi connectivity index (χ4v) is 1.98. The topological polar surface area (TPSA) is 29.1 Å². The zero-order valence-electron chi connectivity index (χ0n) is 11.3. The second-order valence-electron chi connectivity index (χ2n) is 4.73. The highest BCUT2D eigenvalue weighted by Crippen LogP contribution is 2.24. The third-order valence-electron chi connectivity index (χ3n) is 3.08. The second kappa shape index (κ2) is 5.99. The fourth-order valence-electron chi connectivity index (χ4n) is 1.98. The molecule has 2 rings (SSSR count). The molecule has 1 atom stereocenters. The summed E-state index contributed by atoms with van der Waals surface area (Å²) in [4.78, 5) is 11.3. The van der Waals surface area contributed by atoms with Crippen molar-refractivity contribution >= 4 is 5.91 Å². The van der Waals surface area contributed by atoms with Gasteiger partial charge in [-0.3, -0.25) is 4.79 Å². The Balaban J connectivity index is 2.36. The van der Waals surface area contributed by atoms with Crippen molar-refractivity contribution in [3.05, 3.63) is 71.3 Å². The second-order valence-corrected chi connectivity index (χ2v) is 4.73. The standard InChI is InChI=1S/C16H14F3NO/c1-11-7-9-13(10-8-11)14(12-5-3-2-4-6-12)20-15(21)16(17,18)19/h2-10,14H,1H3,(H,20,21)/t14-/m0/s1. The van der Waals surface area contributed by atoms with Crippen molar-refractivity contribution in [3.63, 3.8) is 0 Å². The molecule has 2 aromatic carbocycles. The van der Waals surface area contributed by atoms with Gasteiger partial charge < -0.3 is 5.32 Å². The lowest BCUT2D eigenvalue weighted by Gasteiger charge is -2.20. The molecule has 0 aromatic heterocycles. The first kappa shape index (κ1) is 15.1. The summed E-state index contributed by atoms with van der Waals surface area (Å²) in [6.45, 7) is 1.88. The Morgan fingerprint density at radius 1 is 0.952 bits per heavy atom. The number of hydrogen-bond acceptors (Lipinski definition) is 1. The summed E-state index contributed by atoms with van der Waals surface area (Å²) in [5, 5.41) is 2.05. The van der Waals surface area contributed by atoms with Gasteiger partial charge in [-0.15, -0.1) is 0 Å².